The van der Waals surface area contributed by atoms with Crippen molar-refractivity contribution >= 4 is 23.4 Å². The molecule has 0 spiro atoms. The van der Waals surface area contributed by atoms with Gasteiger partial charge in [0.05, 0.1) is 11.2 Å². The number of hydrogen-bond donors (Lipinski definition) is 0. The van der Waals surface area contributed by atoms with Crippen molar-refractivity contribution in [3.05, 3.63) is 17.4 Å². The van der Waals surface area contributed by atoms with Gasteiger partial charge in [-0.15, -0.1) is 0 Å². The summed E-state index contributed by atoms with van der Waals surface area (Å²) in [5.41, 5.74) is 0. The van der Waals surface area contributed by atoms with Crippen molar-refractivity contribution in [3.8, 4) is 0 Å². The average molecular weight is 353 g/mol. The minimum absolute atomic E-state index is 0.0345. The van der Waals surface area contributed by atoms with E-state index in [-0.39, 0.29) is 24.3 Å². The average Bonchev–Trinajstić information content (AvgIpc) is 2.99. The summed E-state index contributed by atoms with van der Waals surface area (Å²) in [6.07, 6.45) is 7.02. The van der Waals surface area contributed by atoms with Gasteiger partial charge >= 0.3 is 0 Å². The van der Waals surface area contributed by atoms with Gasteiger partial charge in [0.1, 0.15) is 6.54 Å². The van der Waals surface area contributed by atoms with Gasteiger partial charge < -0.3 is 9.80 Å². The molecule has 1 atom stereocenters. The van der Waals surface area contributed by atoms with Crippen LogP contribution in [-0.2, 0) is 16.1 Å². The maximum Gasteiger partial charge on any atom is 0.244 e. The molecule has 0 bridgehead atoms. The lowest BCUT2D eigenvalue weighted by Crippen LogP contribution is -2.47. The summed E-state index contributed by atoms with van der Waals surface area (Å²) in [7, 11) is 0. The van der Waals surface area contributed by atoms with Crippen LogP contribution >= 0.6 is 11.6 Å². The first kappa shape index (κ1) is 17.3. The normalized spacial score (nSPS) is 22.7. The number of carbonyl (C=O) groups excluding carboxylic acids is 2. The molecule has 0 aliphatic carbocycles. The Balaban J connectivity index is 1.48. The Morgan fingerprint density at radius 2 is 1.96 bits per heavy atom. The summed E-state index contributed by atoms with van der Waals surface area (Å²) < 4.78 is 1.55. The molecule has 132 valence electrons. The molecule has 3 rings (SSSR count). The van der Waals surface area contributed by atoms with Crippen LogP contribution in [0, 0.1) is 11.8 Å². The minimum atomic E-state index is 0.0345. The van der Waals surface area contributed by atoms with Crippen LogP contribution < -0.4 is 0 Å². The van der Waals surface area contributed by atoms with E-state index in [4.69, 9.17) is 11.6 Å². The van der Waals surface area contributed by atoms with Crippen LogP contribution in [0.2, 0.25) is 5.02 Å². The first-order chi connectivity index (χ1) is 11.5. The number of hydrogen-bond acceptors (Lipinski definition) is 3. The standard InChI is InChI=1S/C17H25ClN4O2/c1-13-3-2-6-21(10-13)17(24)14-4-7-20(8-5-14)16(23)12-22-11-15(18)9-19-22/h9,11,13-14H,2-8,10,12H2,1H3. The molecule has 2 fully saturated rings. The molecule has 0 aromatic carbocycles. The number of piperidine rings is 2. The molecule has 2 aliphatic heterocycles. The number of nitrogens with zero attached hydrogens (tertiary/aromatic N) is 4. The van der Waals surface area contributed by atoms with Crippen molar-refractivity contribution in [2.45, 2.75) is 39.2 Å². The van der Waals surface area contributed by atoms with E-state index in [1.165, 1.54) is 12.6 Å². The van der Waals surface area contributed by atoms with Crippen molar-refractivity contribution in [3.63, 3.8) is 0 Å². The highest BCUT2D eigenvalue weighted by molar-refractivity contribution is 6.30. The maximum atomic E-state index is 12.7. The highest BCUT2D eigenvalue weighted by atomic mass is 35.5. The van der Waals surface area contributed by atoms with E-state index in [2.05, 4.69) is 12.0 Å². The van der Waals surface area contributed by atoms with Gasteiger partial charge in [0.15, 0.2) is 0 Å². The highest BCUT2D eigenvalue weighted by Gasteiger charge is 2.31. The Kier molecular flexibility index (Phi) is 5.43. The third kappa shape index (κ3) is 4.09. The largest absolute Gasteiger partial charge is 0.342 e. The molecule has 0 N–H and O–H groups in total. The number of halogens is 1. The zero-order valence-corrected chi connectivity index (χ0v) is 14.9. The van der Waals surface area contributed by atoms with Gasteiger partial charge in [-0.2, -0.15) is 5.10 Å². The minimum Gasteiger partial charge on any atom is -0.342 e. The lowest BCUT2D eigenvalue weighted by atomic mass is 9.92. The summed E-state index contributed by atoms with van der Waals surface area (Å²) in [6, 6.07) is 0. The molecule has 2 amide bonds. The number of amides is 2. The Morgan fingerprint density at radius 1 is 1.21 bits per heavy atom. The summed E-state index contributed by atoms with van der Waals surface area (Å²) in [5.74, 6) is 0.989. The molecule has 7 heteroatoms. The van der Waals surface area contributed by atoms with E-state index in [0.29, 0.717) is 24.0 Å². The highest BCUT2D eigenvalue weighted by Crippen LogP contribution is 2.23. The maximum absolute atomic E-state index is 12.7. The molecule has 1 unspecified atom stereocenters. The van der Waals surface area contributed by atoms with Crippen molar-refractivity contribution < 1.29 is 9.59 Å². The fourth-order valence-electron chi connectivity index (χ4n) is 3.69. The predicted octanol–water partition coefficient (Wildman–Crippen LogP) is 2.03. The molecule has 0 radical (unpaired) electrons. The SMILES string of the molecule is CC1CCCN(C(=O)C2CCN(C(=O)Cn3cc(Cl)cn3)CC2)C1. The van der Waals surface area contributed by atoms with E-state index in [1.807, 2.05) is 9.80 Å². The lowest BCUT2D eigenvalue weighted by Gasteiger charge is -2.37. The van der Waals surface area contributed by atoms with Crippen LogP contribution in [0.5, 0.6) is 0 Å². The lowest BCUT2D eigenvalue weighted by molar-refractivity contribution is -0.142. The van der Waals surface area contributed by atoms with Gasteiger partial charge in [-0.25, -0.2) is 0 Å². The van der Waals surface area contributed by atoms with Crippen LogP contribution in [0.15, 0.2) is 12.4 Å². The van der Waals surface area contributed by atoms with Crippen LogP contribution in [0.4, 0.5) is 0 Å². The number of aromatic nitrogens is 2. The Bertz CT molecular complexity index is 595. The van der Waals surface area contributed by atoms with Crippen LogP contribution in [0.3, 0.4) is 0 Å². The second-order valence-electron chi connectivity index (χ2n) is 7.04. The van der Waals surface area contributed by atoms with Crippen molar-refractivity contribution in [1.29, 1.82) is 0 Å². The smallest absolute Gasteiger partial charge is 0.244 e. The molecule has 2 saturated heterocycles. The second-order valence-corrected chi connectivity index (χ2v) is 7.48. The third-order valence-corrected chi connectivity index (χ3v) is 5.26. The Morgan fingerprint density at radius 3 is 2.58 bits per heavy atom. The van der Waals surface area contributed by atoms with Gasteiger partial charge in [-0.05, 0) is 31.6 Å². The topological polar surface area (TPSA) is 58.4 Å². The molecular weight excluding hydrogens is 328 g/mol. The quantitative estimate of drug-likeness (QED) is 0.836. The van der Waals surface area contributed by atoms with E-state index < -0.39 is 0 Å². The summed E-state index contributed by atoms with van der Waals surface area (Å²) >= 11 is 5.82. The van der Waals surface area contributed by atoms with E-state index in [9.17, 15) is 9.59 Å². The Hall–Kier alpha value is -1.56. The van der Waals surface area contributed by atoms with E-state index in [0.717, 1.165) is 32.4 Å². The molecule has 2 aliphatic rings. The molecule has 0 saturated carbocycles. The first-order valence-electron chi connectivity index (χ1n) is 8.77. The summed E-state index contributed by atoms with van der Waals surface area (Å²) in [4.78, 5) is 28.8. The zero-order valence-electron chi connectivity index (χ0n) is 14.2. The van der Waals surface area contributed by atoms with E-state index in [1.54, 1.807) is 10.9 Å². The van der Waals surface area contributed by atoms with Gasteiger partial charge in [0.25, 0.3) is 0 Å². The van der Waals surface area contributed by atoms with Gasteiger partial charge in [-0.1, -0.05) is 18.5 Å². The molecule has 1 aromatic rings. The number of rotatable bonds is 3. The fourth-order valence-corrected chi connectivity index (χ4v) is 3.84. The van der Waals surface area contributed by atoms with Crippen LogP contribution in [0.1, 0.15) is 32.6 Å². The monoisotopic (exact) mass is 352 g/mol. The fraction of sp³-hybridized carbons (Fsp3) is 0.706. The first-order valence-corrected chi connectivity index (χ1v) is 9.15. The Labute approximate surface area is 147 Å². The molecule has 6 nitrogen and oxygen atoms in total. The van der Waals surface area contributed by atoms with Gasteiger partial charge in [0, 0.05) is 38.3 Å². The molecule has 1 aromatic heterocycles. The summed E-state index contributed by atoms with van der Waals surface area (Å²) in [5, 5.41) is 4.57. The zero-order chi connectivity index (χ0) is 17.1. The van der Waals surface area contributed by atoms with Gasteiger partial charge in [-0.3, -0.25) is 14.3 Å². The van der Waals surface area contributed by atoms with Crippen molar-refractivity contribution in [1.82, 2.24) is 19.6 Å². The summed E-state index contributed by atoms with van der Waals surface area (Å²) in [6.45, 7) is 5.49. The number of carbonyl (C=O) groups is 2. The van der Waals surface area contributed by atoms with Crippen LogP contribution in [0.25, 0.3) is 0 Å². The van der Waals surface area contributed by atoms with Crippen molar-refractivity contribution in [2.75, 3.05) is 26.2 Å². The molecule has 24 heavy (non-hydrogen) atoms. The number of likely N-dealkylation sites (tertiary alicyclic amines) is 2. The third-order valence-electron chi connectivity index (χ3n) is 5.06. The van der Waals surface area contributed by atoms with Crippen molar-refractivity contribution in [2.24, 2.45) is 11.8 Å². The van der Waals surface area contributed by atoms with E-state index >= 15 is 0 Å². The molecule has 3 heterocycles. The van der Waals surface area contributed by atoms with Crippen LogP contribution in [-0.4, -0.2) is 57.6 Å². The second kappa shape index (κ2) is 7.55. The predicted molar refractivity (Wildman–Crippen MR) is 91.5 cm³/mol. The van der Waals surface area contributed by atoms with Gasteiger partial charge in [0.2, 0.25) is 11.8 Å². The molecular formula is C17H25ClN4O2.